The molecule has 0 amide bonds. The molecule has 0 aliphatic heterocycles. The van der Waals surface area contributed by atoms with Crippen LogP contribution in [0.1, 0.15) is 27.2 Å². The monoisotopic (exact) mass is 236 g/mol. The van der Waals surface area contributed by atoms with Crippen LogP contribution in [-0.2, 0) is 14.5 Å². The molecule has 0 heterocycles. The van der Waals surface area contributed by atoms with Crippen LogP contribution in [0.25, 0.3) is 0 Å². The molecule has 4 N–H and O–H groups in total. The standard InChI is InChI=1S/C9H20N2O3S/c1-9(2,3)6-15(11,14)5-4-7(10)8(12)13/h7,11H,4-6,10H2,1-3H3,(H,12,13)/t7-,15?/m0/s1. The number of hydrogen-bond donors (Lipinski definition) is 3. The van der Waals surface area contributed by atoms with Gasteiger partial charge in [-0.25, -0.2) is 4.21 Å². The van der Waals surface area contributed by atoms with Gasteiger partial charge in [-0.05, 0) is 11.8 Å². The number of nitrogens with one attached hydrogen (secondary N) is 1. The zero-order valence-electron chi connectivity index (χ0n) is 9.45. The summed E-state index contributed by atoms with van der Waals surface area (Å²) in [4.78, 5) is 10.4. The molecule has 0 spiro atoms. The molecule has 15 heavy (non-hydrogen) atoms. The van der Waals surface area contributed by atoms with Gasteiger partial charge in [0.2, 0.25) is 0 Å². The molecule has 0 bridgehead atoms. The molecule has 1 unspecified atom stereocenters. The summed E-state index contributed by atoms with van der Waals surface area (Å²) in [7, 11) is -2.71. The average molecular weight is 236 g/mol. The lowest BCUT2D eigenvalue weighted by Crippen LogP contribution is -2.33. The van der Waals surface area contributed by atoms with Crippen LogP contribution in [-0.4, -0.2) is 32.8 Å². The van der Waals surface area contributed by atoms with Crippen LogP contribution < -0.4 is 5.73 Å². The summed E-state index contributed by atoms with van der Waals surface area (Å²) in [5, 5.41) is 8.53. The van der Waals surface area contributed by atoms with E-state index in [1.54, 1.807) is 0 Å². The maximum absolute atomic E-state index is 11.7. The Hall–Kier alpha value is -0.620. The summed E-state index contributed by atoms with van der Waals surface area (Å²) in [6.07, 6.45) is 0.0910. The molecule has 0 fully saturated rings. The Labute approximate surface area is 91.0 Å². The second kappa shape index (κ2) is 4.94. The molecule has 0 aliphatic rings. The molecule has 0 aromatic rings. The first-order valence-corrected chi connectivity index (χ1v) is 6.66. The van der Waals surface area contributed by atoms with Gasteiger partial charge in [-0.1, -0.05) is 20.8 Å². The van der Waals surface area contributed by atoms with Crippen molar-refractivity contribution in [3.05, 3.63) is 0 Å². The first-order chi connectivity index (χ1) is 6.53. The highest BCUT2D eigenvalue weighted by molar-refractivity contribution is 7.92. The Balaban J connectivity index is 4.24. The number of nitrogens with two attached hydrogens (primary N) is 1. The molecule has 0 radical (unpaired) electrons. The minimum Gasteiger partial charge on any atom is -0.480 e. The van der Waals surface area contributed by atoms with Crippen LogP contribution >= 0.6 is 0 Å². The quantitative estimate of drug-likeness (QED) is 0.659. The maximum Gasteiger partial charge on any atom is 0.320 e. The lowest BCUT2D eigenvalue weighted by atomic mass is 10.0. The second-order valence-corrected chi connectivity index (χ2v) is 7.27. The largest absolute Gasteiger partial charge is 0.480 e. The fourth-order valence-electron chi connectivity index (χ4n) is 1.21. The van der Waals surface area contributed by atoms with E-state index in [4.69, 9.17) is 15.6 Å². The molecule has 2 atom stereocenters. The minimum atomic E-state index is -2.71. The minimum absolute atomic E-state index is 0.0533. The van der Waals surface area contributed by atoms with Gasteiger partial charge >= 0.3 is 5.97 Å². The Bertz CT molecular complexity index is 317. The Kier molecular flexibility index (Phi) is 4.73. The molecule has 0 saturated carbocycles. The van der Waals surface area contributed by atoms with Crippen LogP contribution in [0.2, 0.25) is 0 Å². The molecule has 0 aliphatic carbocycles. The average Bonchev–Trinajstić information content (AvgIpc) is 1.95. The molecule has 90 valence electrons. The lowest BCUT2D eigenvalue weighted by Gasteiger charge is -2.20. The van der Waals surface area contributed by atoms with Crippen molar-refractivity contribution >= 4 is 15.7 Å². The van der Waals surface area contributed by atoms with E-state index >= 15 is 0 Å². The van der Waals surface area contributed by atoms with Crippen molar-refractivity contribution in [3.63, 3.8) is 0 Å². The number of carboxylic acid groups (broad SMARTS) is 1. The van der Waals surface area contributed by atoms with Gasteiger partial charge in [0.1, 0.15) is 6.04 Å². The van der Waals surface area contributed by atoms with E-state index in [1.165, 1.54) is 0 Å². The molecule has 0 aromatic heterocycles. The zero-order chi connectivity index (χ0) is 12.3. The SMILES string of the molecule is CC(C)(C)CS(=N)(=O)CC[C@H](N)C(=O)O. The van der Waals surface area contributed by atoms with Gasteiger partial charge < -0.3 is 10.8 Å². The third-order valence-electron chi connectivity index (χ3n) is 1.74. The second-order valence-electron chi connectivity index (χ2n) is 4.95. The van der Waals surface area contributed by atoms with Crippen molar-refractivity contribution in [1.29, 1.82) is 4.78 Å². The van der Waals surface area contributed by atoms with Crippen molar-refractivity contribution in [1.82, 2.24) is 0 Å². The third kappa shape index (κ3) is 7.33. The molecule has 0 rings (SSSR count). The first-order valence-electron chi connectivity index (χ1n) is 4.76. The van der Waals surface area contributed by atoms with Crippen LogP contribution in [0.4, 0.5) is 0 Å². The van der Waals surface area contributed by atoms with Gasteiger partial charge in [0.05, 0.1) is 0 Å². The van der Waals surface area contributed by atoms with E-state index < -0.39 is 21.7 Å². The number of rotatable bonds is 5. The van der Waals surface area contributed by atoms with E-state index in [2.05, 4.69) is 0 Å². The van der Waals surface area contributed by atoms with Gasteiger partial charge in [0, 0.05) is 21.2 Å². The molecule has 6 heteroatoms. The molecule has 5 nitrogen and oxygen atoms in total. The summed E-state index contributed by atoms with van der Waals surface area (Å²) in [6, 6.07) is -1.02. The molecular weight excluding hydrogens is 216 g/mol. The lowest BCUT2D eigenvalue weighted by molar-refractivity contribution is -0.138. The maximum atomic E-state index is 11.7. The van der Waals surface area contributed by atoms with Gasteiger partial charge in [-0.3, -0.25) is 9.57 Å². The van der Waals surface area contributed by atoms with Gasteiger partial charge in [-0.2, -0.15) is 0 Å². The summed E-state index contributed by atoms with van der Waals surface area (Å²) in [5.41, 5.74) is 5.09. The third-order valence-corrected chi connectivity index (χ3v) is 3.97. The van der Waals surface area contributed by atoms with E-state index in [9.17, 15) is 9.00 Å². The van der Waals surface area contributed by atoms with Crippen molar-refractivity contribution in [2.75, 3.05) is 11.5 Å². The fraction of sp³-hybridized carbons (Fsp3) is 0.889. The summed E-state index contributed by atoms with van der Waals surface area (Å²) in [6.45, 7) is 5.70. The van der Waals surface area contributed by atoms with Crippen molar-refractivity contribution in [3.8, 4) is 0 Å². The first kappa shape index (κ1) is 14.4. The number of carboxylic acids is 1. The molecular formula is C9H20N2O3S. The summed E-state index contributed by atoms with van der Waals surface area (Å²) >= 11 is 0. The molecule has 0 saturated heterocycles. The zero-order valence-corrected chi connectivity index (χ0v) is 10.3. The topological polar surface area (TPSA) is 104 Å². The van der Waals surface area contributed by atoms with Crippen LogP contribution in [0, 0.1) is 10.2 Å². The predicted molar refractivity (Wildman–Crippen MR) is 60.3 cm³/mol. The predicted octanol–water partition coefficient (Wildman–Crippen LogP) is 0.881. The fourth-order valence-corrected chi connectivity index (χ4v) is 3.39. The van der Waals surface area contributed by atoms with E-state index in [0.29, 0.717) is 0 Å². The Morgan fingerprint density at radius 3 is 2.33 bits per heavy atom. The summed E-state index contributed by atoms with van der Waals surface area (Å²) in [5.74, 6) is -0.787. The highest BCUT2D eigenvalue weighted by Crippen LogP contribution is 2.17. The van der Waals surface area contributed by atoms with Gasteiger partial charge in [0.25, 0.3) is 0 Å². The van der Waals surface area contributed by atoms with Crippen molar-refractivity contribution in [2.24, 2.45) is 11.1 Å². The normalized spacial score (nSPS) is 18.1. The van der Waals surface area contributed by atoms with Crippen LogP contribution in [0.3, 0.4) is 0 Å². The number of carbonyl (C=O) groups is 1. The number of hydrogen-bond acceptors (Lipinski definition) is 4. The summed E-state index contributed by atoms with van der Waals surface area (Å²) < 4.78 is 19.3. The van der Waals surface area contributed by atoms with Crippen molar-refractivity contribution < 1.29 is 14.1 Å². The Morgan fingerprint density at radius 1 is 1.53 bits per heavy atom. The van der Waals surface area contributed by atoms with Crippen molar-refractivity contribution in [2.45, 2.75) is 33.2 Å². The van der Waals surface area contributed by atoms with Gasteiger partial charge in [0.15, 0.2) is 0 Å². The molecule has 0 aromatic carbocycles. The number of aliphatic carboxylic acids is 1. The van der Waals surface area contributed by atoms with Gasteiger partial charge in [-0.15, -0.1) is 0 Å². The van der Waals surface area contributed by atoms with Crippen LogP contribution in [0.15, 0.2) is 0 Å². The van der Waals surface area contributed by atoms with Crippen LogP contribution in [0.5, 0.6) is 0 Å². The van der Waals surface area contributed by atoms with E-state index in [1.807, 2.05) is 20.8 Å². The van der Waals surface area contributed by atoms with E-state index in [0.717, 1.165) is 0 Å². The highest BCUT2D eigenvalue weighted by Gasteiger charge is 2.21. The smallest absolute Gasteiger partial charge is 0.320 e. The highest BCUT2D eigenvalue weighted by atomic mass is 32.2. The Morgan fingerprint density at radius 2 is 2.00 bits per heavy atom. The van der Waals surface area contributed by atoms with E-state index in [-0.39, 0.29) is 23.3 Å².